The summed E-state index contributed by atoms with van der Waals surface area (Å²) in [5, 5.41) is 0. The van der Waals surface area contributed by atoms with E-state index >= 15 is 0 Å². The highest BCUT2D eigenvalue weighted by Crippen LogP contribution is 1.88. The number of halogens is 4. The number of unbranched alkanes of at least 4 members (excludes halogenated alkanes) is 2. The molecule has 0 aromatic carbocycles. The van der Waals surface area contributed by atoms with E-state index in [1.54, 1.807) is 0 Å². The van der Waals surface area contributed by atoms with Crippen molar-refractivity contribution in [2.75, 3.05) is 13.1 Å². The first kappa shape index (κ1) is 29.6. The lowest BCUT2D eigenvalue weighted by molar-refractivity contribution is 0.695. The Hall–Kier alpha value is 1.08. The van der Waals surface area contributed by atoms with Gasteiger partial charge in [-0.1, -0.05) is 6.42 Å². The van der Waals surface area contributed by atoms with Crippen LogP contribution in [-0.2, 0) is 0 Å². The zero-order chi connectivity index (χ0) is 5.54. The van der Waals surface area contributed by atoms with Crippen LogP contribution < -0.4 is 11.5 Å². The molecule has 0 bridgehead atoms. The van der Waals surface area contributed by atoms with E-state index in [1.807, 2.05) is 0 Å². The van der Waals surface area contributed by atoms with Crippen molar-refractivity contribution in [2.45, 2.75) is 19.3 Å². The third-order valence-corrected chi connectivity index (χ3v) is 0.908. The van der Waals surface area contributed by atoms with E-state index in [2.05, 4.69) is 0 Å². The number of rotatable bonds is 4. The fraction of sp³-hybridized carbons (Fsp3) is 1.00. The Kier molecular flexibility index (Phi) is 81.9. The highest BCUT2D eigenvalue weighted by molar-refractivity contribution is 5.86. The van der Waals surface area contributed by atoms with Gasteiger partial charge >= 0.3 is 0 Å². The minimum absolute atomic E-state index is 0. The molecule has 4 N–H and O–H groups in total. The van der Waals surface area contributed by atoms with Gasteiger partial charge < -0.3 is 11.5 Å². The third kappa shape index (κ3) is 35.4. The first-order valence-electron chi connectivity index (χ1n) is 2.82. The van der Waals surface area contributed by atoms with Crippen LogP contribution in [0.1, 0.15) is 19.3 Å². The quantitative estimate of drug-likeness (QED) is 0.745. The predicted octanol–water partition coefficient (Wildman–Crippen LogP) is 1.76. The summed E-state index contributed by atoms with van der Waals surface area (Å²) in [6.45, 7) is 1.61. The molecule has 0 amide bonds. The van der Waals surface area contributed by atoms with Crippen LogP contribution in [0.15, 0.2) is 0 Å². The molecule has 76 valence electrons. The van der Waals surface area contributed by atoms with Crippen LogP contribution >= 0.6 is 49.6 Å². The van der Waals surface area contributed by atoms with Gasteiger partial charge in [-0.3, -0.25) is 0 Å². The van der Waals surface area contributed by atoms with Gasteiger partial charge in [0, 0.05) is 0 Å². The Labute approximate surface area is 93.5 Å². The SMILES string of the molecule is Cl.Cl.Cl.Cl.NCCCCCN. The molecule has 0 aliphatic heterocycles. The summed E-state index contributed by atoms with van der Waals surface area (Å²) in [6.07, 6.45) is 3.43. The fourth-order valence-electron chi connectivity index (χ4n) is 0.465. The second-order valence-corrected chi connectivity index (χ2v) is 1.64. The van der Waals surface area contributed by atoms with Crippen LogP contribution in [-0.4, -0.2) is 13.1 Å². The van der Waals surface area contributed by atoms with Crippen LogP contribution in [0.25, 0.3) is 0 Å². The zero-order valence-corrected chi connectivity index (χ0v) is 9.59. The molecule has 6 heteroatoms. The van der Waals surface area contributed by atoms with Crippen LogP contribution in [0.4, 0.5) is 0 Å². The van der Waals surface area contributed by atoms with Gasteiger partial charge in [-0.25, -0.2) is 0 Å². The lowest BCUT2D eigenvalue weighted by atomic mass is 10.2. The molecule has 0 radical (unpaired) electrons. The topological polar surface area (TPSA) is 52.0 Å². The maximum Gasteiger partial charge on any atom is -0.00773 e. The van der Waals surface area contributed by atoms with Crippen molar-refractivity contribution in [3.05, 3.63) is 0 Å². The highest BCUT2D eigenvalue weighted by Gasteiger charge is 1.80. The maximum atomic E-state index is 5.23. The van der Waals surface area contributed by atoms with Gasteiger partial charge in [-0.15, -0.1) is 49.6 Å². The Morgan fingerprint density at radius 3 is 1.00 bits per heavy atom. The minimum atomic E-state index is 0. The highest BCUT2D eigenvalue weighted by atomic mass is 35.5. The summed E-state index contributed by atoms with van der Waals surface area (Å²) in [7, 11) is 0. The first-order valence-corrected chi connectivity index (χ1v) is 2.82. The van der Waals surface area contributed by atoms with Gasteiger partial charge in [0.05, 0.1) is 0 Å². The molecular weight excluding hydrogens is 230 g/mol. The van der Waals surface area contributed by atoms with Crippen molar-refractivity contribution in [3.8, 4) is 0 Å². The maximum absolute atomic E-state index is 5.23. The minimum Gasteiger partial charge on any atom is -0.330 e. The van der Waals surface area contributed by atoms with Crippen molar-refractivity contribution < 1.29 is 0 Å². The molecule has 0 aromatic heterocycles. The van der Waals surface area contributed by atoms with Crippen molar-refractivity contribution >= 4 is 49.6 Å². The van der Waals surface area contributed by atoms with Crippen LogP contribution in [0, 0.1) is 0 Å². The van der Waals surface area contributed by atoms with E-state index in [0.29, 0.717) is 0 Å². The Balaban J connectivity index is -0.0000000300. The lowest BCUT2D eigenvalue weighted by Crippen LogP contribution is -2.02. The van der Waals surface area contributed by atoms with Gasteiger partial charge in [0.25, 0.3) is 0 Å². The summed E-state index contributed by atoms with van der Waals surface area (Å²) in [5.41, 5.74) is 10.5. The molecule has 2 nitrogen and oxygen atoms in total. The monoisotopic (exact) mass is 246 g/mol. The average Bonchev–Trinajstić information content (AvgIpc) is 1.69. The predicted molar refractivity (Wildman–Crippen MR) is 61.0 cm³/mol. The number of hydrogen-bond donors (Lipinski definition) is 2. The van der Waals surface area contributed by atoms with E-state index < -0.39 is 0 Å². The molecule has 0 rings (SSSR count). The fourth-order valence-corrected chi connectivity index (χ4v) is 0.465. The molecule has 0 heterocycles. The molecule has 0 aliphatic rings. The van der Waals surface area contributed by atoms with Gasteiger partial charge in [-0.05, 0) is 25.9 Å². The summed E-state index contributed by atoms with van der Waals surface area (Å²) in [4.78, 5) is 0. The number of nitrogens with two attached hydrogens (primary N) is 2. The Morgan fingerprint density at radius 2 is 0.818 bits per heavy atom. The van der Waals surface area contributed by atoms with Gasteiger partial charge in [0.2, 0.25) is 0 Å². The Bertz CT molecular complexity index is 35.7. The van der Waals surface area contributed by atoms with Crippen molar-refractivity contribution in [1.82, 2.24) is 0 Å². The molecule has 0 aliphatic carbocycles. The van der Waals surface area contributed by atoms with Gasteiger partial charge in [0.15, 0.2) is 0 Å². The van der Waals surface area contributed by atoms with Crippen molar-refractivity contribution in [3.63, 3.8) is 0 Å². The lowest BCUT2D eigenvalue weighted by Gasteiger charge is -1.91. The van der Waals surface area contributed by atoms with Crippen LogP contribution in [0.3, 0.4) is 0 Å². The summed E-state index contributed by atoms with van der Waals surface area (Å²) in [5.74, 6) is 0. The molecule has 0 unspecified atom stereocenters. The number of hydrogen-bond acceptors (Lipinski definition) is 2. The van der Waals surface area contributed by atoms with Crippen molar-refractivity contribution in [2.24, 2.45) is 11.5 Å². The largest absolute Gasteiger partial charge is 0.330 e. The normalized spacial score (nSPS) is 6.00. The van der Waals surface area contributed by atoms with E-state index in [9.17, 15) is 0 Å². The smallest absolute Gasteiger partial charge is 0.00773 e. The Morgan fingerprint density at radius 1 is 0.545 bits per heavy atom. The first-order chi connectivity index (χ1) is 3.41. The van der Waals surface area contributed by atoms with Crippen molar-refractivity contribution in [1.29, 1.82) is 0 Å². The standard InChI is InChI=1S/C5H14N2.4ClH/c6-4-2-1-3-5-7;;;;/h1-7H2;4*1H. The van der Waals surface area contributed by atoms with E-state index in [-0.39, 0.29) is 49.6 Å². The zero-order valence-electron chi connectivity index (χ0n) is 6.32. The second-order valence-electron chi connectivity index (χ2n) is 1.64. The summed E-state index contributed by atoms with van der Waals surface area (Å²) < 4.78 is 0. The average molecular weight is 248 g/mol. The molecule has 0 atom stereocenters. The molecule has 11 heavy (non-hydrogen) atoms. The summed E-state index contributed by atoms with van der Waals surface area (Å²) in [6, 6.07) is 0. The molecular formula is C5H18Cl4N2. The van der Waals surface area contributed by atoms with E-state index in [4.69, 9.17) is 11.5 Å². The van der Waals surface area contributed by atoms with Gasteiger partial charge in [0.1, 0.15) is 0 Å². The molecule has 0 fully saturated rings. The second kappa shape index (κ2) is 30.5. The van der Waals surface area contributed by atoms with E-state index in [0.717, 1.165) is 25.9 Å². The van der Waals surface area contributed by atoms with Gasteiger partial charge in [-0.2, -0.15) is 0 Å². The van der Waals surface area contributed by atoms with Crippen LogP contribution in [0.5, 0.6) is 0 Å². The molecule has 0 spiro atoms. The molecule has 0 saturated heterocycles. The van der Waals surface area contributed by atoms with Crippen LogP contribution in [0.2, 0.25) is 0 Å². The molecule has 0 saturated carbocycles. The van der Waals surface area contributed by atoms with E-state index in [1.165, 1.54) is 6.42 Å². The molecule has 0 aromatic rings. The summed E-state index contributed by atoms with van der Waals surface area (Å²) >= 11 is 0. The third-order valence-electron chi connectivity index (χ3n) is 0.908.